The van der Waals surface area contributed by atoms with Crippen molar-refractivity contribution in [1.82, 2.24) is 5.32 Å². The van der Waals surface area contributed by atoms with E-state index in [4.69, 9.17) is 0 Å². The third-order valence-electron chi connectivity index (χ3n) is 2.01. The van der Waals surface area contributed by atoms with E-state index >= 15 is 0 Å². The first-order valence-electron chi connectivity index (χ1n) is 3.68. The SMILES string of the molecule is C=C[N+]1(C=C)CCCNC1=O. The van der Waals surface area contributed by atoms with Crippen molar-refractivity contribution in [2.75, 3.05) is 13.1 Å². The lowest BCUT2D eigenvalue weighted by molar-refractivity contribution is -0.746. The molecule has 0 aromatic carbocycles. The van der Waals surface area contributed by atoms with E-state index in [1.165, 1.54) is 0 Å². The van der Waals surface area contributed by atoms with E-state index in [9.17, 15) is 4.79 Å². The molecule has 1 heterocycles. The Labute approximate surface area is 66.6 Å². The molecular weight excluding hydrogens is 140 g/mol. The Hall–Kier alpha value is -1.09. The van der Waals surface area contributed by atoms with Crippen LogP contribution in [0.3, 0.4) is 0 Å². The second kappa shape index (κ2) is 2.88. The molecule has 1 N–H and O–H groups in total. The summed E-state index contributed by atoms with van der Waals surface area (Å²) >= 11 is 0. The topological polar surface area (TPSA) is 29.1 Å². The highest BCUT2D eigenvalue weighted by Gasteiger charge is 2.33. The smallest absolute Gasteiger partial charge is 0.305 e. The van der Waals surface area contributed by atoms with Crippen molar-refractivity contribution < 1.29 is 9.28 Å². The highest BCUT2D eigenvalue weighted by atomic mass is 16.2. The number of rotatable bonds is 2. The Morgan fingerprint density at radius 2 is 2.09 bits per heavy atom. The first kappa shape index (κ1) is 8.01. The van der Waals surface area contributed by atoms with Gasteiger partial charge in [0, 0.05) is 13.0 Å². The number of urea groups is 1. The highest BCUT2D eigenvalue weighted by Crippen LogP contribution is 2.13. The van der Waals surface area contributed by atoms with Crippen LogP contribution in [-0.4, -0.2) is 23.6 Å². The van der Waals surface area contributed by atoms with E-state index in [1.54, 1.807) is 12.4 Å². The van der Waals surface area contributed by atoms with Crippen LogP contribution >= 0.6 is 0 Å². The van der Waals surface area contributed by atoms with Gasteiger partial charge in [-0.25, -0.2) is 4.79 Å². The molecule has 3 heteroatoms. The molecule has 2 amide bonds. The molecule has 0 radical (unpaired) electrons. The molecule has 1 rings (SSSR count). The summed E-state index contributed by atoms with van der Waals surface area (Å²) in [6, 6.07) is -0.0266. The lowest BCUT2D eigenvalue weighted by Crippen LogP contribution is -2.54. The maximum absolute atomic E-state index is 11.3. The standard InChI is InChI=1S/C8H12N2O/c1-3-10(4-2)7-5-6-9-8(10)11/h3-4H,1-2,5-7H2/p+1. The summed E-state index contributed by atoms with van der Waals surface area (Å²) in [5.41, 5.74) is 0. The summed E-state index contributed by atoms with van der Waals surface area (Å²) in [7, 11) is 0. The Kier molecular flexibility index (Phi) is 2.10. The molecule has 3 nitrogen and oxygen atoms in total. The van der Waals surface area contributed by atoms with Crippen molar-refractivity contribution in [1.29, 1.82) is 0 Å². The first-order chi connectivity index (χ1) is 5.25. The van der Waals surface area contributed by atoms with Crippen molar-refractivity contribution >= 4 is 6.03 Å². The average molecular weight is 153 g/mol. The summed E-state index contributed by atoms with van der Waals surface area (Å²) in [4.78, 5) is 11.3. The molecule has 11 heavy (non-hydrogen) atoms. The Morgan fingerprint density at radius 3 is 2.45 bits per heavy atom. The lowest BCUT2D eigenvalue weighted by Gasteiger charge is -2.30. The van der Waals surface area contributed by atoms with E-state index in [0.29, 0.717) is 0 Å². The van der Waals surface area contributed by atoms with Gasteiger partial charge in [-0.3, -0.25) is 0 Å². The zero-order chi connectivity index (χ0) is 8.32. The predicted octanol–water partition coefficient (Wildman–Crippen LogP) is 1.20. The van der Waals surface area contributed by atoms with Crippen LogP contribution in [0.15, 0.2) is 25.6 Å². The van der Waals surface area contributed by atoms with Crippen molar-refractivity contribution in [2.45, 2.75) is 6.42 Å². The fourth-order valence-corrected chi connectivity index (χ4v) is 1.21. The van der Waals surface area contributed by atoms with E-state index in [-0.39, 0.29) is 10.5 Å². The molecule has 0 aromatic rings. The zero-order valence-corrected chi connectivity index (χ0v) is 6.55. The van der Waals surface area contributed by atoms with Crippen LogP contribution in [0, 0.1) is 0 Å². The molecule has 0 atom stereocenters. The van der Waals surface area contributed by atoms with Gasteiger partial charge in [-0.2, -0.15) is 4.48 Å². The van der Waals surface area contributed by atoms with Gasteiger partial charge in [0.15, 0.2) is 0 Å². The number of hydrogen-bond acceptors (Lipinski definition) is 1. The Balaban J connectivity index is 2.86. The van der Waals surface area contributed by atoms with Gasteiger partial charge in [-0.1, -0.05) is 0 Å². The molecule has 0 spiro atoms. The van der Waals surface area contributed by atoms with Gasteiger partial charge in [0.25, 0.3) is 0 Å². The molecular formula is C8H13N2O+. The molecule has 0 aromatic heterocycles. The van der Waals surface area contributed by atoms with Crippen molar-refractivity contribution in [3.63, 3.8) is 0 Å². The van der Waals surface area contributed by atoms with Gasteiger partial charge >= 0.3 is 6.03 Å². The first-order valence-corrected chi connectivity index (χ1v) is 3.68. The van der Waals surface area contributed by atoms with Crippen LogP contribution in [0.1, 0.15) is 6.42 Å². The number of quaternary nitrogens is 1. The van der Waals surface area contributed by atoms with Crippen LogP contribution in [0.5, 0.6) is 0 Å². The maximum atomic E-state index is 11.3. The number of amides is 2. The lowest BCUT2D eigenvalue weighted by atomic mass is 10.3. The Morgan fingerprint density at radius 1 is 1.45 bits per heavy atom. The third-order valence-corrected chi connectivity index (χ3v) is 2.01. The molecule has 1 aliphatic rings. The van der Waals surface area contributed by atoms with E-state index in [1.807, 2.05) is 0 Å². The zero-order valence-electron chi connectivity index (χ0n) is 6.55. The van der Waals surface area contributed by atoms with Crippen molar-refractivity contribution in [2.24, 2.45) is 0 Å². The molecule has 0 aliphatic carbocycles. The fraction of sp³-hybridized carbons (Fsp3) is 0.375. The summed E-state index contributed by atoms with van der Waals surface area (Å²) in [5.74, 6) is 0. The number of carbonyl (C=O) groups is 1. The molecule has 60 valence electrons. The molecule has 1 aliphatic heterocycles. The minimum Gasteiger partial charge on any atom is -0.305 e. The number of nitrogens with one attached hydrogen (secondary N) is 1. The minimum atomic E-state index is -0.0266. The second-order valence-corrected chi connectivity index (χ2v) is 2.60. The minimum absolute atomic E-state index is 0.0266. The number of hydrogen-bond donors (Lipinski definition) is 1. The van der Waals surface area contributed by atoms with Crippen LogP contribution in [-0.2, 0) is 0 Å². The van der Waals surface area contributed by atoms with E-state index in [0.717, 1.165) is 19.5 Å². The predicted molar refractivity (Wildman–Crippen MR) is 43.5 cm³/mol. The average Bonchev–Trinajstić information content (AvgIpc) is 2.06. The van der Waals surface area contributed by atoms with Gasteiger partial charge in [-0.15, -0.1) is 0 Å². The van der Waals surface area contributed by atoms with Gasteiger partial charge in [-0.05, 0) is 13.2 Å². The fourth-order valence-electron chi connectivity index (χ4n) is 1.21. The van der Waals surface area contributed by atoms with Crippen LogP contribution in [0.4, 0.5) is 4.79 Å². The molecule has 1 fully saturated rings. The van der Waals surface area contributed by atoms with Gasteiger partial charge in [0.1, 0.15) is 12.4 Å². The molecule has 0 unspecified atom stereocenters. The monoisotopic (exact) mass is 153 g/mol. The largest absolute Gasteiger partial charge is 0.425 e. The van der Waals surface area contributed by atoms with E-state index < -0.39 is 0 Å². The quantitative estimate of drug-likeness (QED) is 0.593. The number of nitrogens with zero attached hydrogens (tertiary/aromatic N) is 1. The summed E-state index contributed by atoms with van der Waals surface area (Å²) in [6.07, 6.45) is 4.20. The van der Waals surface area contributed by atoms with Gasteiger partial charge in [0.2, 0.25) is 0 Å². The summed E-state index contributed by atoms with van der Waals surface area (Å²) < 4.78 is 0.153. The molecule has 0 bridgehead atoms. The maximum Gasteiger partial charge on any atom is 0.425 e. The molecule has 1 saturated heterocycles. The highest BCUT2D eigenvalue weighted by molar-refractivity contribution is 5.68. The van der Waals surface area contributed by atoms with Gasteiger partial charge < -0.3 is 5.32 Å². The second-order valence-electron chi connectivity index (χ2n) is 2.60. The normalized spacial score (nSPS) is 22.0. The van der Waals surface area contributed by atoms with Crippen LogP contribution < -0.4 is 5.32 Å². The molecule has 0 saturated carbocycles. The van der Waals surface area contributed by atoms with Crippen molar-refractivity contribution in [3.05, 3.63) is 25.6 Å². The van der Waals surface area contributed by atoms with Crippen LogP contribution in [0.25, 0.3) is 0 Å². The van der Waals surface area contributed by atoms with Crippen molar-refractivity contribution in [3.8, 4) is 0 Å². The van der Waals surface area contributed by atoms with Crippen LogP contribution in [0.2, 0.25) is 0 Å². The third kappa shape index (κ3) is 1.19. The summed E-state index contributed by atoms with van der Waals surface area (Å²) in [6.45, 7) is 8.78. The Bertz CT molecular complexity index is 190. The number of carbonyl (C=O) groups excluding carboxylic acids is 1. The van der Waals surface area contributed by atoms with Gasteiger partial charge in [0.05, 0.1) is 6.54 Å². The van der Waals surface area contributed by atoms with E-state index in [2.05, 4.69) is 18.5 Å². The summed E-state index contributed by atoms with van der Waals surface area (Å²) in [5, 5.41) is 2.77.